The molecular formula is C14H17N3O. The first-order valence-electron chi connectivity index (χ1n) is 6.29. The van der Waals surface area contributed by atoms with Crippen molar-refractivity contribution >= 4 is 16.8 Å². The van der Waals surface area contributed by atoms with Crippen LogP contribution in [0.2, 0.25) is 0 Å². The fourth-order valence-electron chi connectivity index (χ4n) is 2.36. The minimum absolute atomic E-state index is 0.0878. The molecule has 1 aliphatic rings. The molecule has 2 aromatic rings. The second-order valence-corrected chi connectivity index (χ2v) is 5.72. The molecule has 94 valence electrons. The molecular weight excluding hydrogens is 226 g/mol. The molecule has 0 radical (unpaired) electrons. The molecule has 1 atom stereocenters. The summed E-state index contributed by atoms with van der Waals surface area (Å²) in [6.45, 7) is 5.20. The number of fused-ring (bicyclic) bond motifs is 1. The van der Waals surface area contributed by atoms with Crippen molar-refractivity contribution in [2.45, 2.75) is 20.3 Å². The number of para-hydroxylation sites is 1. The van der Waals surface area contributed by atoms with Crippen molar-refractivity contribution in [3.63, 3.8) is 0 Å². The molecule has 1 heterocycles. The van der Waals surface area contributed by atoms with Gasteiger partial charge >= 0.3 is 0 Å². The lowest BCUT2D eigenvalue weighted by Gasteiger charge is -2.05. The zero-order valence-electron chi connectivity index (χ0n) is 10.7. The first-order chi connectivity index (χ1) is 8.58. The number of rotatable bonds is 3. The van der Waals surface area contributed by atoms with Gasteiger partial charge in [0.25, 0.3) is 5.91 Å². The monoisotopic (exact) mass is 243 g/mol. The maximum Gasteiger partial charge on any atom is 0.272 e. The standard InChI is InChI=1S/C14H17N3O/c1-14(2)7-9(14)8-15-13(18)12-10-5-3-4-6-11(10)16-17-12/h3-6,9H,7-8H2,1-2H3,(H,15,18)(H,16,17). The summed E-state index contributed by atoms with van der Waals surface area (Å²) in [6.07, 6.45) is 1.19. The highest BCUT2D eigenvalue weighted by Crippen LogP contribution is 2.50. The second kappa shape index (κ2) is 3.83. The Morgan fingerprint density at radius 1 is 1.50 bits per heavy atom. The van der Waals surface area contributed by atoms with Crippen LogP contribution in [0.1, 0.15) is 30.8 Å². The van der Waals surface area contributed by atoms with E-state index in [1.54, 1.807) is 0 Å². The van der Waals surface area contributed by atoms with Crippen LogP contribution >= 0.6 is 0 Å². The Morgan fingerprint density at radius 2 is 2.22 bits per heavy atom. The van der Waals surface area contributed by atoms with E-state index < -0.39 is 0 Å². The number of hydrogen-bond donors (Lipinski definition) is 2. The fourth-order valence-corrected chi connectivity index (χ4v) is 2.36. The molecule has 0 saturated heterocycles. The lowest BCUT2D eigenvalue weighted by molar-refractivity contribution is 0.0947. The molecule has 1 aromatic heterocycles. The number of amides is 1. The van der Waals surface area contributed by atoms with Crippen LogP contribution in [0.3, 0.4) is 0 Å². The molecule has 0 bridgehead atoms. The molecule has 3 rings (SSSR count). The van der Waals surface area contributed by atoms with Crippen molar-refractivity contribution in [1.82, 2.24) is 15.5 Å². The van der Waals surface area contributed by atoms with Gasteiger partial charge in [-0.1, -0.05) is 32.0 Å². The van der Waals surface area contributed by atoms with Gasteiger partial charge < -0.3 is 5.32 Å². The minimum Gasteiger partial charge on any atom is -0.350 e. The van der Waals surface area contributed by atoms with Crippen LogP contribution in [0.4, 0.5) is 0 Å². The highest BCUT2D eigenvalue weighted by atomic mass is 16.1. The Bertz CT molecular complexity index is 600. The molecule has 1 aliphatic carbocycles. The first kappa shape index (κ1) is 11.3. The highest BCUT2D eigenvalue weighted by molar-refractivity contribution is 6.04. The molecule has 1 saturated carbocycles. The topological polar surface area (TPSA) is 57.8 Å². The number of H-pyrrole nitrogens is 1. The van der Waals surface area contributed by atoms with E-state index in [-0.39, 0.29) is 5.91 Å². The SMILES string of the molecule is CC1(C)CC1CNC(=O)c1n[nH]c2ccccc12. The van der Waals surface area contributed by atoms with E-state index in [2.05, 4.69) is 29.4 Å². The van der Waals surface area contributed by atoms with Gasteiger partial charge in [-0.3, -0.25) is 9.89 Å². The number of hydrogen-bond acceptors (Lipinski definition) is 2. The normalized spacial score (nSPS) is 20.9. The van der Waals surface area contributed by atoms with Crippen molar-refractivity contribution in [2.75, 3.05) is 6.54 Å². The summed E-state index contributed by atoms with van der Waals surface area (Å²) in [7, 11) is 0. The predicted octanol–water partition coefficient (Wildman–Crippen LogP) is 2.34. The molecule has 18 heavy (non-hydrogen) atoms. The molecule has 0 spiro atoms. The zero-order chi connectivity index (χ0) is 12.8. The van der Waals surface area contributed by atoms with Crippen LogP contribution in [-0.4, -0.2) is 22.6 Å². The Labute approximate surface area is 106 Å². The van der Waals surface area contributed by atoms with E-state index in [1.165, 1.54) is 6.42 Å². The van der Waals surface area contributed by atoms with Gasteiger partial charge in [-0.05, 0) is 23.8 Å². The van der Waals surface area contributed by atoms with E-state index in [1.807, 2.05) is 24.3 Å². The Kier molecular flexibility index (Phi) is 2.40. The van der Waals surface area contributed by atoms with E-state index in [4.69, 9.17) is 0 Å². The third kappa shape index (κ3) is 1.88. The Hall–Kier alpha value is -1.84. The summed E-state index contributed by atoms with van der Waals surface area (Å²) in [5.74, 6) is 0.516. The average molecular weight is 243 g/mol. The van der Waals surface area contributed by atoms with Gasteiger partial charge in [0.15, 0.2) is 5.69 Å². The number of nitrogens with zero attached hydrogens (tertiary/aromatic N) is 1. The molecule has 2 N–H and O–H groups in total. The number of aromatic nitrogens is 2. The van der Waals surface area contributed by atoms with Gasteiger partial charge in [0, 0.05) is 11.9 Å². The lowest BCUT2D eigenvalue weighted by Crippen LogP contribution is -2.27. The van der Waals surface area contributed by atoms with Gasteiger partial charge in [0.05, 0.1) is 5.52 Å². The lowest BCUT2D eigenvalue weighted by atomic mass is 10.1. The second-order valence-electron chi connectivity index (χ2n) is 5.72. The number of benzene rings is 1. The summed E-state index contributed by atoms with van der Waals surface area (Å²) < 4.78 is 0. The van der Waals surface area contributed by atoms with E-state index in [9.17, 15) is 4.79 Å². The van der Waals surface area contributed by atoms with Gasteiger partial charge in [-0.2, -0.15) is 5.10 Å². The van der Waals surface area contributed by atoms with E-state index in [0.29, 0.717) is 17.0 Å². The van der Waals surface area contributed by atoms with Crippen molar-refractivity contribution in [3.8, 4) is 0 Å². The molecule has 1 aromatic carbocycles. The van der Waals surface area contributed by atoms with Crippen LogP contribution in [0.15, 0.2) is 24.3 Å². The summed E-state index contributed by atoms with van der Waals surface area (Å²) >= 11 is 0. The number of carbonyl (C=O) groups is 1. The largest absolute Gasteiger partial charge is 0.350 e. The van der Waals surface area contributed by atoms with Gasteiger partial charge in [0.2, 0.25) is 0 Å². The summed E-state index contributed by atoms with van der Waals surface area (Å²) in [4.78, 5) is 12.1. The first-order valence-corrected chi connectivity index (χ1v) is 6.29. The van der Waals surface area contributed by atoms with Crippen LogP contribution in [0.5, 0.6) is 0 Å². The van der Waals surface area contributed by atoms with Gasteiger partial charge in [-0.25, -0.2) is 0 Å². The van der Waals surface area contributed by atoms with Crippen molar-refractivity contribution in [2.24, 2.45) is 11.3 Å². The average Bonchev–Trinajstić information content (AvgIpc) is 2.78. The maximum absolute atomic E-state index is 12.1. The maximum atomic E-state index is 12.1. The van der Waals surface area contributed by atoms with Crippen LogP contribution in [0.25, 0.3) is 10.9 Å². The van der Waals surface area contributed by atoms with Crippen molar-refractivity contribution in [3.05, 3.63) is 30.0 Å². The fraction of sp³-hybridized carbons (Fsp3) is 0.429. The summed E-state index contributed by atoms with van der Waals surface area (Å²) in [6, 6.07) is 7.67. The van der Waals surface area contributed by atoms with Crippen molar-refractivity contribution in [1.29, 1.82) is 0 Å². The molecule has 1 unspecified atom stereocenters. The predicted molar refractivity (Wildman–Crippen MR) is 70.3 cm³/mol. The molecule has 0 aliphatic heterocycles. The van der Waals surface area contributed by atoms with Crippen LogP contribution in [0, 0.1) is 11.3 Å². The summed E-state index contributed by atoms with van der Waals surface area (Å²) in [5, 5.41) is 10.8. The van der Waals surface area contributed by atoms with Gasteiger partial charge in [0.1, 0.15) is 0 Å². The quantitative estimate of drug-likeness (QED) is 0.869. The smallest absolute Gasteiger partial charge is 0.272 e. The third-order valence-corrected chi connectivity index (χ3v) is 3.91. The number of carbonyl (C=O) groups excluding carboxylic acids is 1. The molecule has 4 heteroatoms. The number of aromatic amines is 1. The van der Waals surface area contributed by atoms with E-state index >= 15 is 0 Å². The molecule has 1 fully saturated rings. The Balaban J connectivity index is 1.72. The molecule has 1 amide bonds. The zero-order valence-corrected chi connectivity index (χ0v) is 10.7. The van der Waals surface area contributed by atoms with Crippen molar-refractivity contribution < 1.29 is 4.79 Å². The minimum atomic E-state index is -0.0878. The Morgan fingerprint density at radius 3 is 2.94 bits per heavy atom. The summed E-state index contributed by atoms with van der Waals surface area (Å²) in [5.41, 5.74) is 1.78. The molecule has 4 nitrogen and oxygen atoms in total. The van der Waals surface area contributed by atoms with E-state index in [0.717, 1.165) is 17.4 Å². The van der Waals surface area contributed by atoms with Crippen LogP contribution in [-0.2, 0) is 0 Å². The van der Waals surface area contributed by atoms with Crippen LogP contribution < -0.4 is 5.32 Å². The number of nitrogens with one attached hydrogen (secondary N) is 2. The highest BCUT2D eigenvalue weighted by Gasteiger charge is 2.45. The third-order valence-electron chi connectivity index (χ3n) is 3.91. The van der Waals surface area contributed by atoms with Gasteiger partial charge in [-0.15, -0.1) is 0 Å².